The number of nitrogens with one attached hydrogen (secondary N) is 1. The van der Waals surface area contributed by atoms with Crippen molar-refractivity contribution >= 4 is 5.69 Å². The van der Waals surface area contributed by atoms with Gasteiger partial charge in [0.05, 0.1) is 0 Å². The van der Waals surface area contributed by atoms with Crippen LogP contribution in [0.5, 0.6) is 0 Å². The van der Waals surface area contributed by atoms with Gasteiger partial charge in [0.2, 0.25) is 0 Å². The zero-order valence-corrected chi connectivity index (χ0v) is 11.0. The first-order chi connectivity index (χ1) is 8.26. The Bertz CT molecular complexity index is 360. The van der Waals surface area contributed by atoms with Crippen molar-refractivity contribution in [3.63, 3.8) is 0 Å². The number of rotatable bonds is 7. The third kappa shape index (κ3) is 5.39. The van der Waals surface area contributed by atoms with E-state index in [1.807, 2.05) is 6.08 Å². The largest absolute Gasteiger partial charge is 0.382 e. The second-order valence-corrected chi connectivity index (χ2v) is 4.33. The molecule has 1 N–H and O–H groups in total. The number of anilines is 1. The van der Waals surface area contributed by atoms with Crippen LogP contribution in [0.25, 0.3) is 0 Å². The summed E-state index contributed by atoms with van der Waals surface area (Å²) in [5, 5.41) is 3.39. The molecule has 0 heterocycles. The fourth-order valence-electron chi connectivity index (χ4n) is 1.64. The molecule has 0 aliphatic rings. The summed E-state index contributed by atoms with van der Waals surface area (Å²) in [7, 11) is 0. The molecule has 92 valence electrons. The number of allylic oxidation sites excluding steroid dienone is 2. The lowest BCUT2D eigenvalue weighted by atomic mass is 10.1. The molecule has 0 bridgehead atoms. The van der Waals surface area contributed by atoms with E-state index in [-0.39, 0.29) is 0 Å². The summed E-state index contributed by atoms with van der Waals surface area (Å²) in [6.07, 6.45) is 7.80. The molecular weight excluding hydrogens is 206 g/mol. The molecule has 0 saturated carbocycles. The lowest BCUT2D eigenvalue weighted by Crippen LogP contribution is -1.99. The van der Waals surface area contributed by atoms with Crippen molar-refractivity contribution < 1.29 is 0 Å². The van der Waals surface area contributed by atoms with Crippen LogP contribution in [0.4, 0.5) is 5.69 Å². The lowest BCUT2D eigenvalue weighted by molar-refractivity contribution is 0.796. The van der Waals surface area contributed by atoms with Crippen LogP contribution in [-0.4, -0.2) is 6.54 Å². The Morgan fingerprint density at radius 3 is 2.59 bits per heavy atom. The van der Waals surface area contributed by atoms with E-state index >= 15 is 0 Å². The Hall–Kier alpha value is -1.50. The van der Waals surface area contributed by atoms with Crippen LogP contribution >= 0.6 is 0 Å². The van der Waals surface area contributed by atoms with E-state index in [0.717, 1.165) is 13.0 Å². The second kappa shape index (κ2) is 7.72. The molecule has 1 aromatic carbocycles. The number of benzene rings is 1. The van der Waals surface area contributed by atoms with Crippen LogP contribution in [0.2, 0.25) is 0 Å². The van der Waals surface area contributed by atoms with Gasteiger partial charge in [-0.15, -0.1) is 0 Å². The van der Waals surface area contributed by atoms with E-state index < -0.39 is 0 Å². The van der Waals surface area contributed by atoms with Crippen molar-refractivity contribution in [1.29, 1.82) is 0 Å². The molecule has 0 aromatic heterocycles. The Kier molecular flexibility index (Phi) is 6.16. The molecule has 0 aliphatic heterocycles. The van der Waals surface area contributed by atoms with Crippen molar-refractivity contribution in [2.45, 2.75) is 33.1 Å². The van der Waals surface area contributed by atoms with Crippen LogP contribution in [0.1, 0.15) is 31.7 Å². The molecule has 17 heavy (non-hydrogen) atoms. The van der Waals surface area contributed by atoms with Gasteiger partial charge in [0.15, 0.2) is 0 Å². The SMILES string of the molecule is C=C/C(=C/CNc1ccc(C)cc1)CCCC. The molecule has 1 heteroatoms. The number of aryl methyl sites for hydroxylation is 1. The molecule has 0 amide bonds. The highest BCUT2D eigenvalue weighted by Gasteiger charge is 1.92. The number of hydrogen-bond acceptors (Lipinski definition) is 1. The molecule has 0 saturated heterocycles. The third-order valence-electron chi connectivity index (χ3n) is 2.80. The molecule has 0 aliphatic carbocycles. The van der Waals surface area contributed by atoms with E-state index in [9.17, 15) is 0 Å². The van der Waals surface area contributed by atoms with Crippen molar-refractivity contribution in [2.75, 3.05) is 11.9 Å². The lowest BCUT2D eigenvalue weighted by Gasteiger charge is -2.05. The maximum absolute atomic E-state index is 3.86. The topological polar surface area (TPSA) is 12.0 Å². The quantitative estimate of drug-likeness (QED) is 0.668. The summed E-state index contributed by atoms with van der Waals surface area (Å²) >= 11 is 0. The first-order valence-electron chi connectivity index (χ1n) is 6.38. The highest BCUT2D eigenvalue weighted by molar-refractivity contribution is 5.45. The van der Waals surface area contributed by atoms with Crippen molar-refractivity contribution in [2.24, 2.45) is 0 Å². The van der Waals surface area contributed by atoms with E-state index in [2.05, 4.69) is 56.1 Å². The number of hydrogen-bond donors (Lipinski definition) is 1. The first-order valence-corrected chi connectivity index (χ1v) is 6.38. The first kappa shape index (κ1) is 13.6. The Morgan fingerprint density at radius 1 is 1.29 bits per heavy atom. The summed E-state index contributed by atoms with van der Waals surface area (Å²) < 4.78 is 0. The average Bonchev–Trinajstić information content (AvgIpc) is 2.36. The van der Waals surface area contributed by atoms with E-state index in [4.69, 9.17) is 0 Å². The zero-order chi connectivity index (χ0) is 12.5. The van der Waals surface area contributed by atoms with Gasteiger partial charge < -0.3 is 5.32 Å². The van der Waals surface area contributed by atoms with Crippen molar-refractivity contribution in [3.05, 3.63) is 54.1 Å². The molecular formula is C16H23N. The van der Waals surface area contributed by atoms with Crippen LogP contribution in [0.3, 0.4) is 0 Å². The Labute approximate surface area is 105 Å². The van der Waals surface area contributed by atoms with Gasteiger partial charge in [0, 0.05) is 12.2 Å². The van der Waals surface area contributed by atoms with Gasteiger partial charge in [0.25, 0.3) is 0 Å². The van der Waals surface area contributed by atoms with Crippen LogP contribution in [-0.2, 0) is 0 Å². The van der Waals surface area contributed by atoms with Gasteiger partial charge in [-0.05, 0) is 31.9 Å². The summed E-state index contributed by atoms with van der Waals surface area (Å²) in [5.74, 6) is 0. The summed E-state index contributed by atoms with van der Waals surface area (Å²) in [6, 6.07) is 8.47. The minimum Gasteiger partial charge on any atom is -0.382 e. The Balaban J connectivity index is 2.41. The van der Waals surface area contributed by atoms with Crippen molar-refractivity contribution in [3.8, 4) is 0 Å². The van der Waals surface area contributed by atoms with Crippen LogP contribution in [0, 0.1) is 6.92 Å². The van der Waals surface area contributed by atoms with Crippen LogP contribution < -0.4 is 5.32 Å². The predicted molar refractivity (Wildman–Crippen MR) is 77.5 cm³/mol. The predicted octanol–water partition coefficient (Wildman–Crippen LogP) is 4.71. The number of unbranched alkanes of at least 4 members (excludes halogenated alkanes) is 1. The molecule has 0 unspecified atom stereocenters. The summed E-state index contributed by atoms with van der Waals surface area (Å²) in [5.41, 5.74) is 3.80. The minimum atomic E-state index is 0.869. The highest BCUT2D eigenvalue weighted by Crippen LogP contribution is 2.10. The second-order valence-electron chi connectivity index (χ2n) is 4.33. The van der Waals surface area contributed by atoms with Crippen molar-refractivity contribution in [1.82, 2.24) is 0 Å². The molecule has 1 aromatic rings. The third-order valence-corrected chi connectivity index (χ3v) is 2.80. The van der Waals surface area contributed by atoms with Gasteiger partial charge in [-0.1, -0.05) is 55.3 Å². The van der Waals surface area contributed by atoms with E-state index in [1.165, 1.54) is 29.7 Å². The highest BCUT2D eigenvalue weighted by atomic mass is 14.8. The van der Waals surface area contributed by atoms with E-state index in [0.29, 0.717) is 0 Å². The Morgan fingerprint density at radius 2 is 2.00 bits per heavy atom. The standard InChI is InChI=1S/C16H23N/c1-4-6-7-15(5-2)12-13-17-16-10-8-14(3)9-11-16/h5,8-12,17H,2,4,6-7,13H2,1,3H3/b15-12-. The van der Waals surface area contributed by atoms with E-state index in [1.54, 1.807) is 0 Å². The van der Waals surface area contributed by atoms with Gasteiger partial charge in [-0.3, -0.25) is 0 Å². The molecule has 0 atom stereocenters. The fourth-order valence-corrected chi connectivity index (χ4v) is 1.64. The average molecular weight is 229 g/mol. The maximum atomic E-state index is 3.86. The summed E-state index contributed by atoms with van der Waals surface area (Å²) in [4.78, 5) is 0. The molecule has 1 nitrogen and oxygen atoms in total. The molecule has 0 radical (unpaired) electrons. The molecule has 0 fully saturated rings. The minimum absolute atomic E-state index is 0.869. The molecule has 0 spiro atoms. The zero-order valence-electron chi connectivity index (χ0n) is 11.0. The monoisotopic (exact) mass is 229 g/mol. The normalized spacial score (nSPS) is 11.3. The van der Waals surface area contributed by atoms with Gasteiger partial charge in [-0.2, -0.15) is 0 Å². The fraction of sp³-hybridized carbons (Fsp3) is 0.375. The van der Waals surface area contributed by atoms with Gasteiger partial charge in [0.1, 0.15) is 0 Å². The van der Waals surface area contributed by atoms with Gasteiger partial charge in [-0.25, -0.2) is 0 Å². The maximum Gasteiger partial charge on any atom is 0.0342 e. The van der Waals surface area contributed by atoms with Crippen LogP contribution in [0.15, 0.2) is 48.6 Å². The smallest absolute Gasteiger partial charge is 0.0342 e. The molecule has 1 rings (SSSR count). The van der Waals surface area contributed by atoms with Gasteiger partial charge >= 0.3 is 0 Å². The summed E-state index contributed by atoms with van der Waals surface area (Å²) in [6.45, 7) is 9.04.